The van der Waals surface area contributed by atoms with Gasteiger partial charge in [-0.25, -0.2) is 0 Å². The van der Waals surface area contributed by atoms with Gasteiger partial charge in [-0.3, -0.25) is 0 Å². The van der Waals surface area contributed by atoms with Gasteiger partial charge in [0.25, 0.3) is 0 Å². The third-order valence-electron chi connectivity index (χ3n) is 11.6. The van der Waals surface area contributed by atoms with Gasteiger partial charge in [-0.1, -0.05) is 141 Å². The summed E-state index contributed by atoms with van der Waals surface area (Å²) in [5, 5.41) is 0. The van der Waals surface area contributed by atoms with Gasteiger partial charge < -0.3 is 14.5 Å². The lowest BCUT2D eigenvalue weighted by Gasteiger charge is -2.31. The summed E-state index contributed by atoms with van der Waals surface area (Å²) in [5.41, 5.74) is 17.2. The quantitative estimate of drug-likeness (QED) is 0.155. The van der Waals surface area contributed by atoms with E-state index in [1.54, 1.807) is 0 Å². The van der Waals surface area contributed by atoms with E-state index in [0.29, 0.717) is 0 Å². The minimum Gasteiger partial charge on any atom is -0.457 e. The van der Waals surface area contributed by atoms with Crippen molar-refractivity contribution < 1.29 is 4.74 Å². The molecule has 3 heteroatoms. The minimum absolute atomic E-state index is 0.158. The Morgan fingerprint density at radius 2 is 1.12 bits per heavy atom. The van der Waals surface area contributed by atoms with Crippen LogP contribution in [0.3, 0.4) is 0 Å². The second-order valence-corrected chi connectivity index (χ2v) is 15.3. The molecule has 0 spiro atoms. The molecular weight excluding hydrogens is 681 g/mol. The molecule has 0 saturated carbocycles. The van der Waals surface area contributed by atoms with Gasteiger partial charge in [0, 0.05) is 46.3 Å². The molecule has 0 fully saturated rings. The van der Waals surface area contributed by atoms with E-state index in [1.165, 1.54) is 55.9 Å². The monoisotopic (exact) mass is 722 g/mol. The summed E-state index contributed by atoms with van der Waals surface area (Å²) >= 11 is 0. The maximum absolute atomic E-state index is 6.48. The second kappa shape index (κ2) is 13.8. The maximum atomic E-state index is 6.48. The predicted octanol–water partition coefficient (Wildman–Crippen LogP) is 14.3. The van der Waals surface area contributed by atoms with Crippen molar-refractivity contribution in [3.05, 3.63) is 211 Å². The van der Waals surface area contributed by atoms with Crippen LogP contribution >= 0.6 is 0 Å². The second-order valence-electron chi connectivity index (χ2n) is 15.3. The molecular formula is C53H42N2O. The summed E-state index contributed by atoms with van der Waals surface area (Å²) in [5.74, 6) is 1.59. The predicted molar refractivity (Wildman–Crippen MR) is 233 cm³/mol. The Morgan fingerprint density at radius 3 is 1.93 bits per heavy atom. The first-order valence-corrected chi connectivity index (χ1v) is 19.6. The zero-order valence-electron chi connectivity index (χ0n) is 31.7. The van der Waals surface area contributed by atoms with Crippen LogP contribution in [0.15, 0.2) is 194 Å². The first kappa shape index (κ1) is 33.7. The number of anilines is 5. The number of hydrogen-bond donors (Lipinski definition) is 0. The molecule has 0 unspecified atom stereocenters. The van der Waals surface area contributed by atoms with Crippen LogP contribution < -0.4 is 14.5 Å². The molecule has 1 heterocycles. The summed E-state index contributed by atoms with van der Waals surface area (Å²) in [4.78, 5) is 4.92. The molecule has 0 saturated heterocycles. The molecule has 10 rings (SSSR count). The fourth-order valence-corrected chi connectivity index (χ4v) is 8.98. The third kappa shape index (κ3) is 5.75. The van der Waals surface area contributed by atoms with Crippen LogP contribution in [0.5, 0.6) is 11.5 Å². The summed E-state index contributed by atoms with van der Waals surface area (Å²) in [6, 6.07) is 69.6. The van der Waals surface area contributed by atoms with Crippen LogP contribution in [0, 0.1) is 0 Å². The molecule has 56 heavy (non-hydrogen) atoms. The number of rotatable bonds is 8. The Balaban J connectivity index is 1.25. The van der Waals surface area contributed by atoms with Gasteiger partial charge in [0.05, 0.1) is 5.69 Å². The average molecular weight is 723 g/mol. The average Bonchev–Trinajstić information content (AvgIpc) is 3.79. The fraction of sp³-hybridized carbons (Fsp3) is 0.0943. The number of ether oxygens (including phenoxy) is 1. The molecule has 0 aromatic heterocycles. The highest BCUT2D eigenvalue weighted by Crippen LogP contribution is 2.57. The molecule has 1 aliphatic carbocycles. The normalized spacial score (nSPS) is 13.5. The standard InChI is InChI=1S/C53H42N2O/c1-53(2)47-29-13-12-27-46(47)51-48(53)31-32-50(52(51)45-28-16-30-49-44(45)33-34-54(49)39-20-8-4-9-21-39)55(40-22-14-19-38(35-40)37-17-6-3-7-18-37)41-23-15-26-43(36-41)56-42-24-10-5-11-25-42/h3-32,35-36H,33-34H2,1-2H3. The largest absolute Gasteiger partial charge is 0.457 e. The van der Waals surface area contributed by atoms with Gasteiger partial charge in [-0.2, -0.15) is 0 Å². The van der Waals surface area contributed by atoms with Gasteiger partial charge in [-0.15, -0.1) is 0 Å². The summed E-state index contributed by atoms with van der Waals surface area (Å²) < 4.78 is 6.48. The van der Waals surface area contributed by atoms with Crippen LogP contribution in [-0.2, 0) is 11.8 Å². The van der Waals surface area contributed by atoms with Crippen molar-refractivity contribution in [3.63, 3.8) is 0 Å². The Labute approximate surface area is 329 Å². The highest BCUT2D eigenvalue weighted by atomic mass is 16.5. The zero-order valence-corrected chi connectivity index (χ0v) is 31.7. The Hall–Kier alpha value is -6.84. The first-order valence-electron chi connectivity index (χ1n) is 19.6. The van der Waals surface area contributed by atoms with E-state index in [0.717, 1.165) is 47.1 Å². The van der Waals surface area contributed by atoms with Crippen molar-refractivity contribution in [1.82, 2.24) is 0 Å². The van der Waals surface area contributed by atoms with E-state index in [-0.39, 0.29) is 5.41 Å². The molecule has 270 valence electrons. The SMILES string of the molecule is CC1(C)c2ccccc2-c2c1ccc(N(c1cccc(Oc3ccccc3)c1)c1cccc(-c3ccccc3)c1)c2-c1cccc2c1CCN2c1ccccc1. The number of nitrogens with zero attached hydrogens (tertiary/aromatic N) is 2. The van der Waals surface area contributed by atoms with Crippen molar-refractivity contribution in [2.75, 3.05) is 16.3 Å². The molecule has 0 radical (unpaired) electrons. The van der Waals surface area contributed by atoms with E-state index in [1.807, 2.05) is 36.4 Å². The lowest BCUT2D eigenvalue weighted by molar-refractivity contribution is 0.483. The summed E-state index contributed by atoms with van der Waals surface area (Å²) in [6.45, 7) is 5.68. The molecule has 1 aliphatic heterocycles. The Kier molecular flexibility index (Phi) is 8.30. The fourth-order valence-electron chi connectivity index (χ4n) is 8.98. The number of para-hydroxylation sites is 2. The number of benzene rings is 8. The van der Waals surface area contributed by atoms with Gasteiger partial charge in [0.1, 0.15) is 11.5 Å². The Bertz CT molecular complexity index is 2700. The van der Waals surface area contributed by atoms with E-state index in [4.69, 9.17) is 4.74 Å². The van der Waals surface area contributed by atoms with Crippen LogP contribution in [0.1, 0.15) is 30.5 Å². The molecule has 3 nitrogen and oxygen atoms in total. The molecule has 0 amide bonds. The van der Waals surface area contributed by atoms with E-state index >= 15 is 0 Å². The molecule has 0 bridgehead atoms. The molecule has 0 atom stereocenters. The molecule has 2 aliphatic rings. The molecule has 0 N–H and O–H groups in total. The van der Waals surface area contributed by atoms with E-state index in [2.05, 4.69) is 181 Å². The van der Waals surface area contributed by atoms with E-state index < -0.39 is 0 Å². The van der Waals surface area contributed by atoms with Crippen LogP contribution in [0.2, 0.25) is 0 Å². The topological polar surface area (TPSA) is 15.7 Å². The highest BCUT2D eigenvalue weighted by molar-refractivity contribution is 6.03. The van der Waals surface area contributed by atoms with E-state index in [9.17, 15) is 0 Å². The van der Waals surface area contributed by atoms with Gasteiger partial charge in [0.15, 0.2) is 0 Å². The highest BCUT2D eigenvalue weighted by Gasteiger charge is 2.39. The lowest BCUT2D eigenvalue weighted by Crippen LogP contribution is -2.16. The van der Waals surface area contributed by atoms with Crippen molar-refractivity contribution >= 4 is 28.4 Å². The van der Waals surface area contributed by atoms with Gasteiger partial charge >= 0.3 is 0 Å². The van der Waals surface area contributed by atoms with Gasteiger partial charge in [-0.05, 0) is 112 Å². The smallest absolute Gasteiger partial charge is 0.129 e. The van der Waals surface area contributed by atoms with Crippen molar-refractivity contribution in [1.29, 1.82) is 0 Å². The van der Waals surface area contributed by atoms with Crippen LogP contribution in [0.4, 0.5) is 28.4 Å². The zero-order chi connectivity index (χ0) is 37.6. The van der Waals surface area contributed by atoms with Gasteiger partial charge in [0.2, 0.25) is 0 Å². The van der Waals surface area contributed by atoms with Crippen molar-refractivity contribution in [2.45, 2.75) is 25.7 Å². The Morgan fingerprint density at radius 1 is 0.500 bits per heavy atom. The van der Waals surface area contributed by atoms with Crippen LogP contribution in [0.25, 0.3) is 33.4 Å². The minimum atomic E-state index is -0.158. The number of fused-ring (bicyclic) bond motifs is 4. The van der Waals surface area contributed by atoms with Crippen molar-refractivity contribution in [2.24, 2.45) is 0 Å². The third-order valence-corrected chi connectivity index (χ3v) is 11.6. The molecule has 8 aromatic rings. The first-order chi connectivity index (χ1) is 27.5. The maximum Gasteiger partial charge on any atom is 0.129 e. The lowest BCUT2D eigenvalue weighted by atomic mass is 9.81. The van der Waals surface area contributed by atoms with Crippen LogP contribution in [-0.4, -0.2) is 6.54 Å². The molecule has 8 aromatic carbocycles. The van der Waals surface area contributed by atoms with Crippen molar-refractivity contribution in [3.8, 4) is 44.9 Å². The summed E-state index contributed by atoms with van der Waals surface area (Å²) in [7, 11) is 0. The number of hydrogen-bond acceptors (Lipinski definition) is 3. The summed E-state index contributed by atoms with van der Waals surface area (Å²) in [6.07, 6.45) is 0.957.